The van der Waals surface area contributed by atoms with Crippen LogP contribution in [0.3, 0.4) is 0 Å². The van der Waals surface area contributed by atoms with Crippen LogP contribution in [0.5, 0.6) is 0 Å². The van der Waals surface area contributed by atoms with Gasteiger partial charge in [0.2, 0.25) is 5.69 Å². The molecule has 12 heteroatoms. The fraction of sp³-hybridized carbons (Fsp3) is 0.250. The summed E-state index contributed by atoms with van der Waals surface area (Å²) in [7, 11) is 0. The molecule has 5 rings (SSSR count). The van der Waals surface area contributed by atoms with Crippen LogP contribution in [-0.4, -0.2) is 54.3 Å². The van der Waals surface area contributed by atoms with Crippen molar-refractivity contribution in [3.8, 4) is 0 Å². The number of alkyl halides is 3. The molecular weight excluding hydrogens is 479 g/mol. The average Bonchev–Trinajstić information content (AvgIpc) is 3.23. The van der Waals surface area contributed by atoms with Gasteiger partial charge in [0.25, 0.3) is 0 Å². The summed E-state index contributed by atoms with van der Waals surface area (Å²) in [5, 5.41) is 12.8. The molecule has 4 heterocycles. The van der Waals surface area contributed by atoms with E-state index in [9.17, 15) is 18.0 Å². The van der Waals surface area contributed by atoms with E-state index in [-0.39, 0.29) is 5.91 Å². The molecular formula is C24H23F3N5O4+. The number of pyridine rings is 2. The number of rotatable bonds is 4. The van der Waals surface area contributed by atoms with Gasteiger partial charge in [0.15, 0.2) is 5.52 Å². The zero-order valence-corrected chi connectivity index (χ0v) is 19.0. The molecule has 0 saturated carbocycles. The van der Waals surface area contributed by atoms with Crippen molar-refractivity contribution in [1.82, 2.24) is 9.97 Å². The number of morpholine rings is 1. The third kappa shape index (κ3) is 5.78. The molecule has 4 aromatic rings. The van der Waals surface area contributed by atoms with Gasteiger partial charge in [-0.05, 0) is 24.3 Å². The third-order valence-corrected chi connectivity index (χ3v) is 5.63. The van der Waals surface area contributed by atoms with Gasteiger partial charge in [-0.2, -0.15) is 17.6 Å². The number of benzene rings is 1. The van der Waals surface area contributed by atoms with E-state index in [1.807, 2.05) is 59.1 Å². The van der Waals surface area contributed by atoms with Crippen molar-refractivity contribution < 1.29 is 41.9 Å². The zero-order chi connectivity index (χ0) is 25.7. The van der Waals surface area contributed by atoms with Gasteiger partial charge >= 0.3 is 17.9 Å². The van der Waals surface area contributed by atoms with Crippen LogP contribution in [0, 0.1) is 0 Å². The molecule has 1 aliphatic heterocycles. The molecule has 3 N–H and O–H groups in total. The summed E-state index contributed by atoms with van der Waals surface area (Å²) in [6.45, 7) is 4.34. The minimum Gasteiger partial charge on any atom is -0.542 e. The minimum absolute atomic E-state index is 0.187. The van der Waals surface area contributed by atoms with Crippen LogP contribution in [0.2, 0.25) is 0 Å². The summed E-state index contributed by atoms with van der Waals surface area (Å²) >= 11 is 0. The van der Waals surface area contributed by atoms with Gasteiger partial charge in [-0.3, -0.25) is 9.78 Å². The van der Waals surface area contributed by atoms with E-state index >= 15 is 0 Å². The zero-order valence-electron chi connectivity index (χ0n) is 19.0. The first-order valence-electron chi connectivity index (χ1n) is 11.1. The van der Waals surface area contributed by atoms with Gasteiger partial charge in [0, 0.05) is 11.6 Å². The maximum Gasteiger partial charge on any atom is 0.430 e. The predicted octanol–water partition coefficient (Wildman–Crippen LogP) is 0.268. The van der Waals surface area contributed by atoms with Crippen LogP contribution in [0.4, 0.5) is 18.9 Å². The second-order valence-electron chi connectivity index (χ2n) is 8.07. The Kier molecular flexibility index (Phi) is 7.46. The topological polar surface area (TPSA) is 116 Å². The summed E-state index contributed by atoms with van der Waals surface area (Å²) in [5.74, 6) is -2.68. The molecule has 0 atom stereocenters. The number of aromatic amines is 1. The number of nitrogens with zero attached hydrogens (tertiary/aromatic N) is 2. The highest BCUT2D eigenvalue weighted by Crippen LogP contribution is 2.21. The smallest absolute Gasteiger partial charge is 0.430 e. The molecule has 1 fully saturated rings. The number of carboxylic acids is 1. The first-order chi connectivity index (χ1) is 17.2. The summed E-state index contributed by atoms with van der Waals surface area (Å²) in [6.07, 6.45) is -1.54. The van der Waals surface area contributed by atoms with Crippen molar-refractivity contribution in [2.75, 3.05) is 31.6 Å². The molecule has 188 valence electrons. The lowest BCUT2D eigenvalue weighted by Crippen LogP contribution is -3.12. The molecule has 9 nitrogen and oxygen atoms in total. The van der Waals surface area contributed by atoms with Crippen LogP contribution in [-0.2, 0) is 16.1 Å². The molecule has 1 amide bonds. The first-order valence-corrected chi connectivity index (χ1v) is 11.1. The average molecular weight is 502 g/mol. The number of carboxylic acid groups (broad SMARTS) is 1. The van der Waals surface area contributed by atoms with Crippen LogP contribution in [0.1, 0.15) is 16.3 Å². The number of halogens is 3. The summed E-state index contributed by atoms with van der Waals surface area (Å²) in [6, 6.07) is 15.6. The monoisotopic (exact) mass is 502 g/mol. The number of nitrogens with one attached hydrogen (secondary N) is 3. The van der Waals surface area contributed by atoms with Crippen molar-refractivity contribution >= 4 is 34.0 Å². The van der Waals surface area contributed by atoms with Crippen LogP contribution in [0.25, 0.3) is 16.4 Å². The Labute approximate surface area is 203 Å². The predicted molar refractivity (Wildman–Crippen MR) is 120 cm³/mol. The molecule has 0 aliphatic carbocycles. The van der Waals surface area contributed by atoms with Crippen molar-refractivity contribution in [1.29, 1.82) is 0 Å². The fourth-order valence-electron chi connectivity index (χ4n) is 3.93. The molecule has 1 saturated heterocycles. The van der Waals surface area contributed by atoms with Gasteiger partial charge < -0.3 is 24.9 Å². The van der Waals surface area contributed by atoms with E-state index in [1.165, 1.54) is 4.90 Å². The lowest BCUT2D eigenvalue weighted by Gasteiger charge is -2.22. The number of quaternary nitrogens is 1. The van der Waals surface area contributed by atoms with E-state index in [1.54, 1.807) is 6.20 Å². The number of carbonyl (C=O) groups is 2. The van der Waals surface area contributed by atoms with Crippen molar-refractivity contribution in [2.45, 2.75) is 12.7 Å². The van der Waals surface area contributed by atoms with Gasteiger partial charge in [0.05, 0.1) is 30.6 Å². The number of hydrogen-bond acceptors (Lipinski definition) is 5. The second-order valence-corrected chi connectivity index (χ2v) is 8.07. The van der Waals surface area contributed by atoms with Crippen LogP contribution < -0.4 is 19.7 Å². The highest BCUT2D eigenvalue weighted by Gasteiger charge is 2.29. The summed E-state index contributed by atoms with van der Waals surface area (Å²) in [5.41, 5.74) is 3.56. The molecule has 1 aliphatic rings. The largest absolute Gasteiger partial charge is 0.542 e. The maximum absolute atomic E-state index is 13.2. The number of fused-ring (bicyclic) bond motifs is 2. The molecule has 36 heavy (non-hydrogen) atoms. The number of para-hydroxylation sites is 1. The quantitative estimate of drug-likeness (QED) is 0.347. The number of amides is 1. The number of hydrogen-bond donors (Lipinski definition) is 3. The Hall–Kier alpha value is -4.03. The highest BCUT2D eigenvalue weighted by molar-refractivity contribution is 6.05. The standard InChI is InChI=1S/C22H21N5O2.C2HF3O2/c28-22(25-17-7-3-5-16-6-4-9-23-20(16)17)21-24-18(15-26-11-13-29-14-12-26)19-8-1-2-10-27(19)21;3-2(4,5)1(6)7/h1-10H,11-15H2,(H,25,28);(H,6,7)/p+1. The molecule has 0 unspecified atom stereocenters. The molecule has 1 aromatic carbocycles. The van der Waals surface area contributed by atoms with Gasteiger partial charge in [0.1, 0.15) is 25.6 Å². The number of anilines is 1. The Morgan fingerprint density at radius 2 is 1.83 bits per heavy atom. The molecule has 0 radical (unpaired) electrons. The molecule has 0 spiro atoms. The Morgan fingerprint density at radius 1 is 1.11 bits per heavy atom. The van der Waals surface area contributed by atoms with Crippen molar-refractivity contribution in [3.63, 3.8) is 0 Å². The number of carbonyl (C=O) groups excluding carboxylic acids is 2. The van der Waals surface area contributed by atoms with E-state index in [0.717, 1.165) is 55.0 Å². The number of H-pyrrole nitrogens is 1. The van der Waals surface area contributed by atoms with E-state index in [4.69, 9.17) is 14.6 Å². The van der Waals surface area contributed by atoms with E-state index in [2.05, 4.69) is 15.3 Å². The molecule has 0 bridgehead atoms. The number of ether oxygens (including phenoxy) is 1. The Balaban J connectivity index is 0.000000384. The Bertz CT molecular complexity index is 1380. The molecule has 3 aromatic heterocycles. The number of aromatic nitrogens is 3. The Morgan fingerprint density at radius 3 is 2.56 bits per heavy atom. The lowest BCUT2D eigenvalue weighted by atomic mass is 10.2. The van der Waals surface area contributed by atoms with Crippen LogP contribution in [0.15, 0.2) is 60.9 Å². The third-order valence-electron chi connectivity index (χ3n) is 5.63. The number of aliphatic carboxylic acids is 1. The van der Waals surface area contributed by atoms with Crippen molar-refractivity contribution in [2.24, 2.45) is 0 Å². The van der Waals surface area contributed by atoms with Crippen molar-refractivity contribution in [3.05, 3.63) is 72.4 Å². The van der Waals surface area contributed by atoms with Gasteiger partial charge in [-0.15, -0.1) is 0 Å². The lowest BCUT2D eigenvalue weighted by molar-refractivity contribution is -0.921. The second kappa shape index (κ2) is 10.7. The normalized spacial score (nSPS) is 14.3. The minimum atomic E-state index is -5.19. The number of imidazole rings is 1. The van der Waals surface area contributed by atoms with E-state index < -0.39 is 12.1 Å². The summed E-state index contributed by atoms with van der Waals surface area (Å²) in [4.78, 5) is 31.2. The van der Waals surface area contributed by atoms with Gasteiger partial charge in [-0.1, -0.05) is 24.3 Å². The summed E-state index contributed by atoms with van der Waals surface area (Å²) < 4.78 is 38.9. The van der Waals surface area contributed by atoms with Gasteiger partial charge in [-0.25, -0.2) is 4.98 Å². The fourth-order valence-corrected chi connectivity index (χ4v) is 3.93. The first kappa shape index (κ1) is 25.1. The van der Waals surface area contributed by atoms with Crippen LogP contribution >= 0.6 is 0 Å². The SMILES string of the molecule is O=C(Nc1cccc2cccnc12)c1[nH]c(C[NH+]2CCOCC2)c2cccc[n+]12.O=C([O-])C(F)(F)F. The maximum atomic E-state index is 13.2. The highest BCUT2D eigenvalue weighted by atomic mass is 19.4. The van der Waals surface area contributed by atoms with E-state index in [0.29, 0.717) is 11.5 Å².